The minimum absolute atomic E-state index is 0.00403. The predicted molar refractivity (Wildman–Crippen MR) is 115 cm³/mol. The van der Waals surface area contributed by atoms with Crippen molar-refractivity contribution < 1.29 is 4.79 Å². The van der Waals surface area contributed by atoms with Crippen LogP contribution in [0.25, 0.3) is 0 Å². The average Bonchev–Trinajstić information content (AvgIpc) is 3.30. The number of nitrogens with one attached hydrogen (secondary N) is 4. The number of amides is 1. The summed E-state index contributed by atoms with van der Waals surface area (Å²) in [6, 6.07) is 0.443. The fourth-order valence-electron chi connectivity index (χ4n) is 5.69. The molecule has 4 saturated heterocycles. The number of rotatable bonds is 3. The van der Waals surface area contributed by atoms with E-state index in [4.69, 9.17) is 17.3 Å². The van der Waals surface area contributed by atoms with Crippen molar-refractivity contribution in [2.75, 3.05) is 59.4 Å². The third kappa shape index (κ3) is 3.95. The number of hydrogen-bond donors (Lipinski definition) is 5. The molecule has 0 aromatic carbocycles. The number of likely N-dealkylation sites (tertiary alicyclic amines) is 1. The van der Waals surface area contributed by atoms with Crippen molar-refractivity contribution in [3.8, 4) is 0 Å². The number of nitrogens with two attached hydrogens (primary N) is 1. The van der Waals surface area contributed by atoms with Gasteiger partial charge in [-0.15, -0.1) is 0 Å². The molecule has 0 saturated carbocycles. The van der Waals surface area contributed by atoms with Crippen molar-refractivity contribution in [2.45, 2.75) is 37.0 Å². The molecule has 0 aromatic rings. The average molecular weight is 440 g/mol. The molecule has 5 rings (SSSR count). The second-order valence-electron chi connectivity index (χ2n) is 9.22. The van der Waals surface area contributed by atoms with E-state index in [-0.39, 0.29) is 24.0 Å². The van der Waals surface area contributed by atoms with E-state index in [2.05, 4.69) is 43.1 Å². The number of nitrogens with zero attached hydrogens (tertiary/aromatic N) is 4. The molecule has 168 valence electrons. The molecule has 5 aliphatic heterocycles. The zero-order valence-corrected chi connectivity index (χ0v) is 18.3. The highest BCUT2D eigenvalue weighted by Gasteiger charge is 2.46. The van der Waals surface area contributed by atoms with Gasteiger partial charge in [0.1, 0.15) is 12.1 Å². The summed E-state index contributed by atoms with van der Waals surface area (Å²) in [5.41, 5.74) is 9.45. The van der Waals surface area contributed by atoms with E-state index in [1.165, 1.54) is 0 Å². The van der Waals surface area contributed by atoms with Crippen LogP contribution in [0.3, 0.4) is 0 Å². The molecular formula is C19H34ClN9O. The number of likely N-dealkylation sites (N-methyl/N-ethyl adjacent to an activating group) is 1. The Morgan fingerprint density at radius 3 is 2.90 bits per heavy atom. The minimum atomic E-state index is -0.452. The van der Waals surface area contributed by atoms with E-state index in [0.717, 1.165) is 52.2 Å². The van der Waals surface area contributed by atoms with Gasteiger partial charge in [-0.3, -0.25) is 30.2 Å². The van der Waals surface area contributed by atoms with Crippen LogP contribution in [0.2, 0.25) is 0 Å². The minimum Gasteiger partial charge on any atom is -0.350 e. The molecule has 6 N–H and O–H groups in total. The second kappa shape index (κ2) is 8.51. The number of carbonyl (C=O) groups is 1. The summed E-state index contributed by atoms with van der Waals surface area (Å²) in [4.78, 5) is 20.8. The van der Waals surface area contributed by atoms with Gasteiger partial charge in [-0.2, -0.15) is 0 Å². The monoisotopic (exact) mass is 439 g/mol. The summed E-state index contributed by atoms with van der Waals surface area (Å²) in [6.45, 7) is 7.85. The lowest BCUT2D eigenvalue weighted by molar-refractivity contribution is -0.128. The maximum atomic E-state index is 13.4. The van der Waals surface area contributed by atoms with Crippen LogP contribution in [0.4, 0.5) is 0 Å². The molecule has 1 amide bonds. The second-order valence-corrected chi connectivity index (χ2v) is 9.71. The number of hydrogen-bond acceptors (Lipinski definition) is 9. The van der Waals surface area contributed by atoms with Crippen molar-refractivity contribution >= 4 is 17.5 Å². The maximum Gasteiger partial charge on any atom is 0.229 e. The van der Waals surface area contributed by atoms with Gasteiger partial charge in [0.05, 0.1) is 18.4 Å². The van der Waals surface area contributed by atoms with Crippen LogP contribution >= 0.6 is 11.6 Å². The SMILES string of the molecule is CN1CCC(N2CCN3CCNC3C2)C(NC(=O)C2C(N)NN3C=C(Cl)CNC23)C1. The molecule has 11 heteroatoms. The van der Waals surface area contributed by atoms with Gasteiger partial charge < -0.3 is 16.0 Å². The van der Waals surface area contributed by atoms with E-state index < -0.39 is 6.17 Å². The molecule has 0 aliphatic carbocycles. The molecule has 5 heterocycles. The molecule has 0 radical (unpaired) electrons. The molecule has 0 aromatic heterocycles. The molecule has 6 atom stereocenters. The zero-order chi connectivity index (χ0) is 20.8. The van der Waals surface area contributed by atoms with E-state index in [9.17, 15) is 4.79 Å². The van der Waals surface area contributed by atoms with E-state index >= 15 is 0 Å². The van der Waals surface area contributed by atoms with Gasteiger partial charge in [0, 0.05) is 63.1 Å². The molecular weight excluding hydrogens is 406 g/mol. The number of piperidine rings is 1. The summed E-state index contributed by atoms with van der Waals surface area (Å²) in [5, 5.41) is 12.8. The molecule has 10 nitrogen and oxygen atoms in total. The molecule has 6 unspecified atom stereocenters. The van der Waals surface area contributed by atoms with Gasteiger partial charge >= 0.3 is 0 Å². The Morgan fingerprint density at radius 1 is 1.20 bits per heavy atom. The van der Waals surface area contributed by atoms with Crippen molar-refractivity contribution in [1.82, 2.24) is 41.1 Å². The van der Waals surface area contributed by atoms with E-state index in [0.29, 0.717) is 23.8 Å². The largest absolute Gasteiger partial charge is 0.350 e. The Balaban J connectivity index is 1.27. The van der Waals surface area contributed by atoms with Crippen LogP contribution in [-0.2, 0) is 4.79 Å². The first-order valence-electron chi connectivity index (χ1n) is 11.1. The Morgan fingerprint density at radius 2 is 2.03 bits per heavy atom. The third-order valence-corrected chi connectivity index (χ3v) is 7.50. The van der Waals surface area contributed by atoms with E-state index in [1.54, 1.807) is 0 Å². The molecule has 0 bridgehead atoms. The van der Waals surface area contributed by atoms with Crippen LogP contribution in [0, 0.1) is 5.92 Å². The first kappa shape index (κ1) is 20.9. The summed E-state index contributed by atoms with van der Waals surface area (Å²) < 4.78 is 0. The van der Waals surface area contributed by atoms with Gasteiger partial charge in [-0.1, -0.05) is 11.6 Å². The first-order valence-corrected chi connectivity index (χ1v) is 11.5. The van der Waals surface area contributed by atoms with Gasteiger partial charge in [-0.25, -0.2) is 5.43 Å². The summed E-state index contributed by atoms with van der Waals surface area (Å²) in [7, 11) is 2.13. The smallest absolute Gasteiger partial charge is 0.229 e. The summed E-state index contributed by atoms with van der Waals surface area (Å²) >= 11 is 6.13. The lowest BCUT2D eigenvalue weighted by atomic mass is 9.95. The van der Waals surface area contributed by atoms with Gasteiger partial charge in [0.15, 0.2) is 0 Å². The van der Waals surface area contributed by atoms with E-state index in [1.807, 2.05) is 11.2 Å². The Hall–Kier alpha value is -0.980. The lowest BCUT2D eigenvalue weighted by Crippen LogP contribution is -2.66. The molecule has 4 fully saturated rings. The fourth-order valence-corrected chi connectivity index (χ4v) is 5.87. The fraction of sp³-hybridized carbons (Fsp3) is 0.842. The molecule has 0 spiro atoms. The maximum absolute atomic E-state index is 13.4. The predicted octanol–water partition coefficient (Wildman–Crippen LogP) is -2.55. The van der Waals surface area contributed by atoms with Crippen molar-refractivity contribution in [2.24, 2.45) is 11.7 Å². The molecule has 30 heavy (non-hydrogen) atoms. The Kier molecular flexibility index (Phi) is 5.93. The normalized spacial score (nSPS) is 40.8. The standard InChI is InChI=1S/C19H34ClN9O/c1-26-4-2-14(28-7-6-27-5-3-22-15(27)11-28)13(10-26)24-19(30)16-17(21)25-29-9-12(20)8-23-18(16)29/h9,13-18,22-23,25H,2-8,10-11,21H2,1H3,(H,24,30). The van der Waals surface area contributed by atoms with Gasteiger partial charge in [0.25, 0.3) is 0 Å². The van der Waals surface area contributed by atoms with Crippen LogP contribution in [0.1, 0.15) is 6.42 Å². The highest BCUT2D eigenvalue weighted by Crippen LogP contribution is 2.25. The quantitative estimate of drug-likeness (QED) is 0.325. The Labute approximate surface area is 183 Å². The highest BCUT2D eigenvalue weighted by atomic mass is 35.5. The van der Waals surface area contributed by atoms with Crippen LogP contribution < -0.4 is 27.1 Å². The lowest BCUT2D eigenvalue weighted by Gasteiger charge is -2.47. The van der Waals surface area contributed by atoms with Crippen molar-refractivity contribution in [1.29, 1.82) is 0 Å². The van der Waals surface area contributed by atoms with Crippen LogP contribution in [0.5, 0.6) is 0 Å². The molecule has 5 aliphatic rings. The third-order valence-electron chi connectivity index (χ3n) is 7.26. The number of carbonyl (C=O) groups excluding carboxylic acids is 1. The zero-order valence-electron chi connectivity index (χ0n) is 17.6. The Bertz CT molecular complexity index is 693. The topological polar surface area (TPSA) is 104 Å². The van der Waals surface area contributed by atoms with Gasteiger partial charge in [0.2, 0.25) is 5.91 Å². The van der Waals surface area contributed by atoms with Crippen LogP contribution in [0.15, 0.2) is 11.2 Å². The highest BCUT2D eigenvalue weighted by molar-refractivity contribution is 6.29. The van der Waals surface area contributed by atoms with Crippen LogP contribution in [-0.4, -0.2) is 116 Å². The van der Waals surface area contributed by atoms with Crippen molar-refractivity contribution in [3.63, 3.8) is 0 Å². The number of halogens is 1. The van der Waals surface area contributed by atoms with Gasteiger partial charge in [-0.05, 0) is 20.0 Å². The number of fused-ring (bicyclic) bond motifs is 2. The first-order chi connectivity index (χ1) is 14.5. The summed E-state index contributed by atoms with van der Waals surface area (Å²) in [6.07, 6.45) is 2.69. The van der Waals surface area contributed by atoms with Crippen molar-refractivity contribution in [3.05, 3.63) is 11.2 Å². The number of piperazine rings is 1. The number of hydrazine groups is 1. The summed E-state index contributed by atoms with van der Waals surface area (Å²) in [5.74, 6) is -0.378.